The Bertz CT molecular complexity index is 672. The van der Waals surface area contributed by atoms with Crippen LogP contribution >= 0.6 is 11.3 Å². The number of benzene rings is 1. The van der Waals surface area contributed by atoms with Crippen molar-refractivity contribution in [2.24, 2.45) is 5.73 Å². The van der Waals surface area contributed by atoms with E-state index in [1.54, 1.807) is 11.6 Å². The summed E-state index contributed by atoms with van der Waals surface area (Å²) in [5.74, 6) is 0. The Labute approximate surface area is 125 Å². The summed E-state index contributed by atoms with van der Waals surface area (Å²) in [6, 6.07) is 3.56. The molecule has 1 fully saturated rings. The first-order chi connectivity index (χ1) is 10.1. The number of rotatable bonds is 3. The third kappa shape index (κ3) is 2.57. The van der Waals surface area contributed by atoms with Crippen LogP contribution in [0.1, 0.15) is 6.92 Å². The molecule has 0 radical (unpaired) electrons. The van der Waals surface area contributed by atoms with E-state index < -0.39 is 0 Å². The molecule has 1 aliphatic heterocycles. The lowest BCUT2D eigenvalue weighted by atomic mass is 10.1. The molecule has 2 N–H and O–H groups in total. The van der Waals surface area contributed by atoms with E-state index in [1.807, 2.05) is 17.9 Å². The van der Waals surface area contributed by atoms with Gasteiger partial charge in [-0.25, -0.2) is 4.98 Å². The number of ether oxygens (including phenoxy) is 1. The minimum Gasteiger partial charge on any atom is -0.373 e. The van der Waals surface area contributed by atoms with Crippen molar-refractivity contribution in [3.63, 3.8) is 0 Å². The van der Waals surface area contributed by atoms with Crippen molar-refractivity contribution in [1.29, 1.82) is 0 Å². The van der Waals surface area contributed by atoms with Crippen LogP contribution in [0.2, 0.25) is 0 Å². The van der Waals surface area contributed by atoms with Gasteiger partial charge in [-0.05, 0) is 19.1 Å². The molecule has 1 aromatic heterocycles. The number of nitrogens with two attached hydrogens (primary N) is 1. The normalized spacial score (nSPS) is 20.7. The van der Waals surface area contributed by atoms with Crippen molar-refractivity contribution < 1.29 is 9.66 Å². The van der Waals surface area contributed by atoms with E-state index in [4.69, 9.17) is 10.5 Å². The van der Waals surface area contributed by atoms with Crippen LogP contribution in [-0.2, 0) is 4.74 Å². The second kappa shape index (κ2) is 5.55. The number of aromatic nitrogens is 1. The summed E-state index contributed by atoms with van der Waals surface area (Å²) in [7, 11) is 0. The van der Waals surface area contributed by atoms with Gasteiger partial charge in [0.2, 0.25) is 0 Å². The monoisotopic (exact) mass is 308 g/mol. The Morgan fingerprint density at radius 2 is 2.43 bits per heavy atom. The van der Waals surface area contributed by atoms with E-state index in [0.717, 1.165) is 4.70 Å². The molecule has 2 aromatic rings. The first kappa shape index (κ1) is 14.2. The van der Waals surface area contributed by atoms with Crippen LogP contribution < -0.4 is 10.6 Å². The maximum Gasteiger partial charge on any atom is 0.319 e. The second-order valence-corrected chi connectivity index (χ2v) is 5.99. The number of hydrogen-bond donors (Lipinski definition) is 1. The summed E-state index contributed by atoms with van der Waals surface area (Å²) in [4.78, 5) is 17.2. The summed E-state index contributed by atoms with van der Waals surface area (Å²) in [5, 5.41) is 11.5. The van der Waals surface area contributed by atoms with Crippen LogP contribution in [0.3, 0.4) is 0 Å². The maximum atomic E-state index is 11.5. The van der Waals surface area contributed by atoms with Crippen molar-refractivity contribution in [1.82, 2.24) is 4.98 Å². The van der Waals surface area contributed by atoms with Crippen molar-refractivity contribution in [3.8, 4) is 0 Å². The van der Waals surface area contributed by atoms with Gasteiger partial charge in [0.15, 0.2) is 5.52 Å². The van der Waals surface area contributed by atoms with Crippen molar-refractivity contribution in [3.05, 3.63) is 27.8 Å². The highest BCUT2D eigenvalue weighted by Gasteiger charge is 2.29. The first-order valence-corrected chi connectivity index (χ1v) is 7.58. The van der Waals surface area contributed by atoms with E-state index >= 15 is 0 Å². The summed E-state index contributed by atoms with van der Waals surface area (Å²) < 4.78 is 6.44. The Balaban J connectivity index is 2.03. The fraction of sp³-hybridized carbons (Fsp3) is 0.462. The van der Waals surface area contributed by atoms with Crippen LogP contribution in [0.5, 0.6) is 0 Å². The minimum atomic E-state index is -0.353. The molecule has 2 heterocycles. The van der Waals surface area contributed by atoms with Crippen LogP contribution in [0, 0.1) is 10.1 Å². The molecule has 0 amide bonds. The molecule has 1 aromatic carbocycles. The van der Waals surface area contributed by atoms with Crippen LogP contribution in [0.25, 0.3) is 10.2 Å². The molecule has 0 bridgehead atoms. The van der Waals surface area contributed by atoms with Crippen molar-refractivity contribution in [2.45, 2.75) is 19.1 Å². The highest BCUT2D eigenvalue weighted by Crippen LogP contribution is 2.37. The molecule has 2 atom stereocenters. The summed E-state index contributed by atoms with van der Waals surface area (Å²) >= 11 is 1.40. The van der Waals surface area contributed by atoms with E-state index in [2.05, 4.69) is 4.98 Å². The van der Waals surface area contributed by atoms with Gasteiger partial charge in [0.25, 0.3) is 0 Å². The van der Waals surface area contributed by atoms with Crippen molar-refractivity contribution >= 4 is 32.9 Å². The van der Waals surface area contributed by atoms with Gasteiger partial charge in [-0.2, -0.15) is 0 Å². The molecular weight excluding hydrogens is 292 g/mol. The molecule has 112 valence electrons. The topological polar surface area (TPSA) is 94.5 Å². The average molecular weight is 308 g/mol. The van der Waals surface area contributed by atoms with E-state index in [-0.39, 0.29) is 22.8 Å². The lowest BCUT2D eigenvalue weighted by molar-refractivity contribution is -0.382. The molecule has 8 heteroatoms. The molecule has 1 saturated heterocycles. The van der Waals surface area contributed by atoms with Crippen LogP contribution in [-0.4, -0.2) is 41.7 Å². The largest absolute Gasteiger partial charge is 0.373 e. The van der Waals surface area contributed by atoms with E-state index in [1.165, 1.54) is 11.3 Å². The van der Waals surface area contributed by atoms with Crippen LogP contribution in [0.15, 0.2) is 17.6 Å². The molecule has 0 spiro atoms. The fourth-order valence-electron chi connectivity index (χ4n) is 2.55. The Morgan fingerprint density at radius 1 is 1.62 bits per heavy atom. The summed E-state index contributed by atoms with van der Waals surface area (Å²) in [6.45, 7) is 3.55. The molecule has 0 aliphatic carbocycles. The molecule has 21 heavy (non-hydrogen) atoms. The van der Waals surface area contributed by atoms with Gasteiger partial charge >= 0.3 is 5.69 Å². The maximum absolute atomic E-state index is 11.5. The number of morpholine rings is 1. The van der Waals surface area contributed by atoms with Gasteiger partial charge in [0.05, 0.1) is 27.8 Å². The zero-order chi connectivity index (χ0) is 15.0. The SMILES string of the molecule is CC(N)C1CN(c2ccc3scnc3c2[N+](=O)[O-])CCO1. The molecule has 3 rings (SSSR count). The minimum absolute atomic E-state index is 0.0686. The van der Waals surface area contributed by atoms with Crippen molar-refractivity contribution in [2.75, 3.05) is 24.6 Å². The Kier molecular flexibility index (Phi) is 3.75. The molecule has 0 saturated carbocycles. The van der Waals surface area contributed by atoms with Crippen LogP contribution in [0.4, 0.5) is 11.4 Å². The molecule has 2 unspecified atom stereocenters. The van der Waals surface area contributed by atoms with Gasteiger partial charge in [-0.15, -0.1) is 11.3 Å². The zero-order valence-electron chi connectivity index (χ0n) is 11.6. The lowest BCUT2D eigenvalue weighted by Gasteiger charge is -2.35. The third-order valence-electron chi connectivity index (χ3n) is 3.66. The van der Waals surface area contributed by atoms with E-state index in [0.29, 0.717) is 30.9 Å². The predicted molar refractivity (Wildman–Crippen MR) is 81.9 cm³/mol. The Morgan fingerprint density at radius 3 is 3.14 bits per heavy atom. The number of anilines is 1. The number of hydrogen-bond acceptors (Lipinski definition) is 7. The quantitative estimate of drug-likeness (QED) is 0.686. The smallest absolute Gasteiger partial charge is 0.319 e. The number of nitro groups is 1. The number of thiazole rings is 1. The zero-order valence-corrected chi connectivity index (χ0v) is 12.4. The summed E-state index contributed by atoms with van der Waals surface area (Å²) in [5.41, 5.74) is 8.62. The second-order valence-electron chi connectivity index (χ2n) is 5.10. The molecule has 7 nitrogen and oxygen atoms in total. The van der Waals surface area contributed by atoms with Gasteiger partial charge in [0, 0.05) is 19.1 Å². The summed E-state index contributed by atoms with van der Waals surface area (Å²) in [6.07, 6.45) is -0.121. The molecule has 1 aliphatic rings. The van der Waals surface area contributed by atoms with Gasteiger partial charge in [-0.3, -0.25) is 10.1 Å². The molecular formula is C13H16N4O3S. The first-order valence-electron chi connectivity index (χ1n) is 6.70. The number of nitro benzene ring substituents is 1. The number of fused-ring (bicyclic) bond motifs is 1. The fourth-order valence-corrected chi connectivity index (χ4v) is 3.23. The van der Waals surface area contributed by atoms with Gasteiger partial charge < -0.3 is 15.4 Å². The van der Waals surface area contributed by atoms with Gasteiger partial charge in [0.1, 0.15) is 5.69 Å². The average Bonchev–Trinajstić information content (AvgIpc) is 2.94. The third-order valence-corrected chi connectivity index (χ3v) is 4.45. The highest BCUT2D eigenvalue weighted by molar-refractivity contribution is 7.16. The Hall–Kier alpha value is -1.77. The lowest BCUT2D eigenvalue weighted by Crippen LogP contribution is -2.49. The standard InChI is InChI=1S/C13H16N4O3S/c1-8(14)10-6-16(4-5-20-10)9-2-3-11-12(15-7-21-11)13(9)17(18)19/h2-3,7-8,10H,4-6,14H2,1H3. The predicted octanol–water partition coefficient (Wildman–Crippen LogP) is 1.76. The number of nitrogens with zero attached hydrogens (tertiary/aromatic N) is 3. The van der Waals surface area contributed by atoms with Gasteiger partial charge in [-0.1, -0.05) is 0 Å². The highest BCUT2D eigenvalue weighted by atomic mass is 32.1. The van der Waals surface area contributed by atoms with E-state index in [9.17, 15) is 10.1 Å².